The third-order valence-corrected chi connectivity index (χ3v) is 3.23. The molecule has 1 aliphatic heterocycles. The average Bonchev–Trinajstić information content (AvgIpc) is 2.70. The Morgan fingerprint density at radius 2 is 1.83 bits per heavy atom. The number of hydrogen-bond donors (Lipinski definition) is 1. The predicted octanol–water partition coefficient (Wildman–Crippen LogP) is 0.167. The molecule has 0 bridgehead atoms. The zero-order valence-electron chi connectivity index (χ0n) is 13.1. The molecule has 2 heterocycles. The van der Waals surface area contributed by atoms with E-state index in [1.54, 1.807) is 6.92 Å². The molecule has 134 valence electrons. The second kappa shape index (κ2) is 7.58. The maximum absolute atomic E-state index is 13.6. The first-order valence-corrected chi connectivity index (χ1v) is 6.74. The zero-order chi connectivity index (χ0) is 17.3. The number of nitrogen functional groups attached to an aromatic ring is 1. The van der Waals surface area contributed by atoms with Crippen LogP contribution in [0.5, 0.6) is 0 Å². The molecule has 24 heavy (non-hydrogen) atoms. The Bertz CT molecular complexity index is 697. The fourth-order valence-electron chi connectivity index (χ4n) is 2.34. The molecular formula is C13H17ClFN3O6. The number of nitrogens with two attached hydrogens (primary N) is 1. The van der Waals surface area contributed by atoms with E-state index in [-0.39, 0.29) is 12.4 Å². The molecule has 0 aromatic carbocycles. The molecule has 0 unspecified atom stereocenters. The first-order valence-electron chi connectivity index (χ1n) is 6.74. The summed E-state index contributed by atoms with van der Waals surface area (Å²) in [6.45, 7) is 3.90. The summed E-state index contributed by atoms with van der Waals surface area (Å²) in [7, 11) is 0. The number of nitrogens with zero attached hydrogens (tertiary/aromatic N) is 2. The summed E-state index contributed by atoms with van der Waals surface area (Å²) < 4.78 is 30.1. The minimum atomic E-state index is -1.20. The highest BCUT2D eigenvalue weighted by atomic mass is 35.5. The number of anilines is 1. The minimum absolute atomic E-state index is 0. The van der Waals surface area contributed by atoms with Crippen molar-refractivity contribution in [3.05, 3.63) is 22.5 Å². The van der Waals surface area contributed by atoms with Crippen LogP contribution in [0.4, 0.5) is 10.2 Å². The van der Waals surface area contributed by atoms with Gasteiger partial charge in [0.15, 0.2) is 30.1 Å². The highest BCUT2D eigenvalue weighted by Crippen LogP contribution is 2.33. The summed E-state index contributed by atoms with van der Waals surface area (Å²) in [6, 6.07) is 0. The molecule has 1 fully saturated rings. The molecule has 0 amide bonds. The van der Waals surface area contributed by atoms with Crippen LogP contribution in [0, 0.1) is 5.82 Å². The van der Waals surface area contributed by atoms with E-state index >= 15 is 0 Å². The topological polar surface area (TPSA) is 123 Å². The molecule has 9 nitrogen and oxygen atoms in total. The SMILES string of the molecule is CC(=O)O[C@@H]1[C@H](OC(C)=O)[C@@H](C)O[C@H]1n1cc(F)c(N)nc1=O.Cl. The van der Waals surface area contributed by atoms with Gasteiger partial charge in [-0.1, -0.05) is 0 Å². The maximum Gasteiger partial charge on any atom is 0.351 e. The number of rotatable bonds is 3. The van der Waals surface area contributed by atoms with Crippen LogP contribution in [0.2, 0.25) is 0 Å². The van der Waals surface area contributed by atoms with E-state index in [1.165, 1.54) is 6.92 Å². The number of esters is 2. The molecule has 2 N–H and O–H groups in total. The van der Waals surface area contributed by atoms with Gasteiger partial charge in [0, 0.05) is 13.8 Å². The first kappa shape index (κ1) is 19.8. The van der Waals surface area contributed by atoms with Crippen molar-refractivity contribution in [3.63, 3.8) is 0 Å². The third kappa shape index (κ3) is 4.01. The lowest BCUT2D eigenvalue weighted by atomic mass is 10.1. The normalized spacial score (nSPS) is 25.7. The summed E-state index contributed by atoms with van der Waals surface area (Å²) in [5, 5.41) is 0. The Balaban J connectivity index is 0.00000288. The van der Waals surface area contributed by atoms with Gasteiger partial charge in [0.05, 0.1) is 12.3 Å². The zero-order valence-corrected chi connectivity index (χ0v) is 13.9. The average molecular weight is 366 g/mol. The van der Waals surface area contributed by atoms with Crippen molar-refractivity contribution in [2.24, 2.45) is 0 Å². The van der Waals surface area contributed by atoms with Gasteiger partial charge < -0.3 is 19.9 Å². The number of aromatic nitrogens is 2. The summed E-state index contributed by atoms with van der Waals surface area (Å²) in [4.78, 5) is 37.8. The molecule has 1 aromatic rings. The Hall–Kier alpha value is -2.20. The summed E-state index contributed by atoms with van der Waals surface area (Å²) in [5.74, 6) is -2.78. The molecule has 1 aromatic heterocycles. The Morgan fingerprint density at radius 1 is 1.29 bits per heavy atom. The molecular weight excluding hydrogens is 349 g/mol. The fourth-order valence-corrected chi connectivity index (χ4v) is 2.34. The fraction of sp³-hybridized carbons (Fsp3) is 0.538. The van der Waals surface area contributed by atoms with Gasteiger partial charge in [0.1, 0.15) is 0 Å². The van der Waals surface area contributed by atoms with E-state index in [0.717, 1.165) is 17.7 Å². The van der Waals surface area contributed by atoms with Gasteiger partial charge in [-0.2, -0.15) is 4.98 Å². The van der Waals surface area contributed by atoms with Gasteiger partial charge >= 0.3 is 17.6 Å². The van der Waals surface area contributed by atoms with Crippen molar-refractivity contribution < 1.29 is 28.2 Å². The lowest BCUT2D eigenvalue weighted by Gasteiger charge is -2.23. The summed E-state index contributed by atoms with van der Waals surface area (Å²) in [6.07, 6.45) is -3.17. The van der Waals surface area contributed by atoms with Gasteiger partial charge in [-0.25, -0.2) is 9.18 Å². The number of carbonyl (C=O) groups is 2. The lowest BCUT2D eigenvalue weighted by Crippen LogP contribution is -2.40. The summed E-state index contributed by atoms with van der Waals surface area (Å²) in [5.41, 5.74) is 4.34. The van der Waals surface area contributed by atoms with Crippen molar-refractivity contribution in [2.75, 3.05) is 5.73 Å². The van der Waals surface area contributed by atoms with E-state index < -0.39 is 53.8 Å². The van der Waals surface area contributed by atoms with Gasteiger partial charge in [-0.3, -0.25) is 14.2 Å². The van der Waals surface area contributed by atoms with Gasteiger partial charge in [-0.05, 0) is 6.92 Å². The maximum atomic E-state index is 13.6. The molecule has 2 rings (SSSR count). The molecule has 0 spiro atoms. The Morgan fingerprint density at radius 3 is 2.38 bits per heavy atom. The first-order chi connectivity index (χ1) is 10.7. The minimum Gasteiger partial charge on any atom is -0.456 e. The molecule has 1 saturated heterocycles. The van der Waals surface area contributed by atoms with Crippen LogP contribution in [-0.4, -0.2) is 39.8 Å². The van der Waals surface area contributed by atoms with Crippen LogP contribution in [0.25, 0.3) is 0 Å². The molecule has 0 radical (unpaired) electrons. The van der Waals surface area contributed by atoms with Crippen LogP contribution in [-0.2, 0) is 23.8 Å². The van der Waals surface area contributed by atoms with Crippen LogP contribution in [0.15, 0.2) is 11.0 Å². The standard InChI is InChI=1S/C13H16FN3O6.ClH/c1-5-9(22-6(2)18)10(23-7(3)19)12(21-5)17-4-8(14)11(15)16-13(17)20;/h4-5,9-10,12H,1-3H3,(H2,15,16,20);1H/t5-,9-,10-,12-;/m1./s1. The smallest absolute Gasteiger partial charge is 0.351 e. The predicted molar refractivity (Wildman–Crippen MR) is 80.8 cm³/mol. The molecule has 0 saturated carbocycles. The number of ether oxygens (including phenoxy) is 3. The molecule has 1 aliphatic rings. The van der Waals surface area contributed by atoms with Crippen molar-refractivity contribution in [1.29, 1.82) is 0 Å². The van der Waals surface area contributed by atoms with E-state index in [4.69, 9.17) is 19.9 Å². The van der Waals surface area contributed by atoms with Crippen molar-refractivity contribution in [1.82, 2.24) is 9.55 Å². The van der Waals surface area contributed by atoms with Crippen LogP contribution < -0.4 is 11.4 Å². The largest absolute Gasteiger partial charge is 0.456 e. The van der Waals surface area contributed by atoms with Gasteiger partial charge in [0.25, 0.3) is 0 Å². The van der Waals surface area contributed by atoms with E-state index in [0.29, 0.717) is 0 Å². The van der Waals surface area contributed by atoms with Gasteiger partial charge in [-0.15, -0.1) is 12.4 Å². The second-order valence-corrected chi connectivity index (χ2v) is 5.04. The van der Waals surface area contributed by atoms with Crippen LogP contribution >= 0.6 is 12.4 Å². The second-order valence-electron chi connectivity index (χ2n) is 5.04. The highest BCUT2D eigenvalue weighted by Gasteiger charge is 2.48. The van der Waals surface area contributed by atoms with Gasteiger partial charge in [0.2, 0.25) is 0 Å². The Labute approximate surface area is 142 Å². The molecule has 0 aliphatic carbocycles. The summed E-state index contributed by atoms with van der Waals surface area (Å²) >= 11 is 0. The lowest BCUT2D eigenvalue weighted by molar-refractivity contribution is -0.165. The van der Waals surface area contributed by atoms with Crippen LogP contribution in [0.1, 0.15) is 27.0 Å². The molecule has 4 atom stereocenters. The van der Waals surface area contributed by atoms with E-state index in [2.05, 4.69) is 4.98 Å². The van der Waals surface area contributed by atoms with E-state index in [9.17, 15) is 18.8 Å². The third-order valence-electron chi connectivity index (χ3n) is 3.23. The Kier molecular flexibility index (Phi) is 6.27. The van der Waals surface area contributed by atoms with Crippen molar-refractivity contribution in [2.45, 2.75) is 45.3 Å². The monoisotopic (exact) mass is 365 g/mol. The number of halogens is 2. The van der Waals surface area contributed by atoms with Crippen molar-refractivity contribution >= 4 is 30.2 Å². The number of hydrogen-bond acceptors (Lipinski definition) is 8. The number of carbonyl (C=O) groups excluding carboxylic acids is 2. The highest BCUT2D eigenvalue weighted by molar-refractivity contribution is 5.85. The van der Waals surface area contributed by atoms with Crippen molar-refractivity contribution in [3.8, 4) is 0 Å². The van der Waals surface area contributed by atoms with E-state index in [1.807, 2.05) is 0 Å². The van der Waals surface area contributed by atoms with Crippen LogP contribution in [0.3, 0.4) is 0 Å². The quantitative estimate of drug-likeness (QED) is 0.752. The molecule has 11 heteroatoms.